The normalized spacial score (nSPS) is 16.3. The first kappa shape index (κ1) is 19.0. The van der Waals surface area contributed by atoms with Crippen molar-refractivity contribution >= 4 is 22.8 Å². The van der Waals surface area contributed by atoms with Gasteiger partial charge >= 0.3 is 0 Å². The molecule has 0 saturated carbocycles. The number of hydrogen-bond acceptors (Lipinski definition) is 5. The molecule has 2 N–H and O–H groups in total. The van der Waals surface area contributed by atoms with Crippen LogP contribution >= 0.6 is 0 Å². The number of nitrogens with zero attached hydrogens (tertiary/aromatic N) is 3. The molecule has 1 aromatic carbocycles. The molecule has 1 unspecified atom stereocenters. The third-order valence-corrected chi connectivity index (χ3v) is 5.41. The molecule has 2 amide bonds. The second kappa shape index (κ2) is 8.06. The molecule has 156 valence electrons. The smallest absolute Gasteiger partial charge is 0.252 e. The number of piperidine rings is 1. The number of aromatic nitrogens is 3. The Labute approximate surface area is 178 Å². The Balaban J connectivity index is 1.54. The van der Waals surface area contributed by atoms with Crippen molar-refractivity contribution in [3.05, 3.63) is 72.3 Å². The number of carbonyl (C=O) groups is 2. The summed E-state index contributed by atoms with van der Waals surface area (Å²) in [5, 5.41) is 11.0. The van der Waals surface area contributed by atoms with Gasteiger partial charge in [0.15, 0.2) is 5.65 Å². The minimum atomic E-state index is -0.205. The van der Waals surface area contributed by atoms with Gasteiger partial charge in [0.25, 0.3) is 5.91 Å². The van der Waals surface area contributed by atoms with Gasteiger partial charge < -0.3 is 15.1 Å². The molecule has 31 heavy (non-hydrogen) atoms. The van der Waals surface area contributed by atoms with Crippen LogP contribution in [0.4, 0.5) is 0 Å². The summed E-state index contributed by atoms with van der Waals surface area (Å²) in [5.41, 5.74) is 2.72. The Kier molecular flexibility index (Phi) is 4.95. The number of nitrogens with one attached hydrogen (secondary N) is 2. The highest BCUT2D eigenvalue weighted by atomic mass is 16.3. The van der Waals surface area contributed by atoms with Gasteiger partial charge in [-0.05, 0) is 24.6 Å². The molecule has 1 fully saturated rings. The lowest BCUT2D eigenvalue weighted by Gasteiger charge is -2.23. The van der Waals surface area contributed by atoms with Gasteiger partial charge in [-0.3, -0.25) is 9.59 Å². The topological polar surface area (TPSA) is 102 Å². The zero-order valence-electron chi connectivity index (χ0n) is 16.7. The molecule has 0 aliphatic carbocycles. The summed E-state index contributed by atoms with van der Waals surface area (Å²) in [6.45, 7) is 0.847. The second-order valence-corrected chi connectivity index (χ2v) is 7.55. The van der Waals surface area contributed by atoms with E-state index >= 15 is 0 Å². The summed E-state index contributed by atoms with van der Waals surface area (Å²) in [4.78, 5) is 29.4. The predicted octanol–water partition coefficient (Wildman–Crippen LogP) is 2.75. The number of benzene rings is 1. The number of pyridine rings is 1. The molecule has 4 heterocycles. The third kappa shape index (κ3) is 3.92. The Hall–Kier alpha value is -3.94. The molecule has 0 spiro atoms. The lowest BCUT2D eigenvalue weighted by Crippen LogP contribution is -2.47. The van der Waals surface area contributed by atoms with Crippen LogP contribution in [0, 0.1) is 0 Å². The Morgan fingerprint density at radius 2 is 2.10 bits per heavy atom. The molecular formula is C23H21N5O3. The SMILES string of the molecule is O=C1CCC(NC(=O)c2cc(-c3ccccc3)nc3c2cnn3Cc2ccco2)CN1. The van der Waals surface area contributed by atoms with E-state index in [-0.39, 0.29) is 17.9 Å². The van der Waals surface area contributed by atoms with E-state index in [1.807, 2.05) is 42.5 Å². The summed E-state index contributed by atoms with van der Waals surface area (Å²) in [6, 6.07) is 15.1. The lowest BCUT2D eigenvalue weighted by molar-refractivity contribution is -0.122. The van der Waals surface area contributed by atoms with Gasteiger partial charge in [-0.1, -0.05) is 30.3 Å². The van der Waals surface area contributed by atoms with Gasteiger partial charge in [-0.2, -0.15) is 5.10 Å². The average molecular weight is 415 g/mol. The van der Waals surface area contributed by atoms with Gasteiger partial charge in [-0.15, -0.1) is 0 Å². The van der Waals surface area contributed by atoms with Gasteiger partial charge in [-0.25, -0.2) is 9.67 Å². The van der Waals surface area contributed by atoms with E-state index in [4.69, 9.17) is 9.40 Å². The van der Waals surface area contributed by atoms with E-state index in [1.54, 1.807) is 23.2 Å². The van der Waals surface area contributed by atoms with E-state index in [0.717, 1.165) is 11.3 Å². The van der Waals surface area contributed by atoms with Gasteiger partial charge in [0.05, 0.1) is 29.1 Å². The van der Waals surface area contributed by atoms with Crippen molar-refractivity contribution in [3.63, 3.8) is 0 Å². The molecule has 1 saturated heterocycles. The summed E-state index contributed by atoms with van der Waals surface area (Å²) in [5.74, 6) is 0.562. The Morgan fingerprint density at radius 1 is 1.23 bits per heavy atom. The van der Waals surface area contributed by atoms with Crippen LogP contribution in [0.5, 0.6) is 0 Å². The first-order chi connectivity index (χ1) is 15.2. The lowest BCUT2D eigenvalue weighted by atomic mass is 10.0. The van der Waals surface area contributed by atoms with Crippen molar-refractivity contribution in [2.45, 2.75) is 25.4 Å². The molecule has 0 radical (unpaired) electrons. The summed E-state index contributed by atoms with van der Waals surface area (Å²) in [6.07, 6.45) is 4.31. The summed E-state index contributed by atoms with van der Waals surface area (Å²) in [7, 11) is 0. The second-order valence-electron chi connectivity index (χ2n) is 7.55. The van der Waals surface area contributed by atoms with Crippen LogP contribution in [-0.4, -0.2) is 39.2 Å². The number of fused-ring (bicyclic) bond motifs is 1. The fourth-order valence-electron chi connectivity index (χ4n) is 3.78. The van der Waals surface area contributed by atoms with E-state index in [2.05, 4.69) is 15.7 Å². The van der Waals surface area contributed by atoms with E-state index < -0.39 is 0 Å². The zero-order chi connectivity index (χ0) is 21.2. The molecule has 3 aromatic heterocycles. The summed E-state index contributed by atoms with van der Waals surface area (Å²) < 4.78 is 7.19. The molecule has 8 heteroatoms. The molecule has 1 aliphatic heterocycles. The number of rotatable bonds is 5. The predicted molar refractivity (Wildman–Crippen MR) is 114 cm³/mol. The molecule has 0 bridgehead atoms. The molecule has 1 atom stereocenters. The molecule has 4 aromatic rings. The van der Waals surface area contributed by atoms with E-state index in [1.165, 1.54) is 0 Å². The Bertz CT molecular complexity index is 1220. The van der Waals surface area contributed by atoms with Crippen LogP contribution in [0.15, 0.2) is 65.4 Å². The standard InChI is InChI=1S/C23H21N5O3/c29-21-9-8-16(12-24-21)26-23(30)18-11-20(15-5-2-1-3-6-15)27-22-19(18)13-25-28(22)14-17-7-4-10-31-17/h1-7,10-11,13,16H,8-9,12,14H2,(H,24,29)(H,26,30). The fraction of sp³-hybridized carbons (Fsp3) is 0.217. The molecule has 5 rings (SSSR count). The molecule has 8 nitrogen and oxygen atoms in total. The largest absolute Gasteiger partial charge is 0.467 e. The summed E-state index contributed by atoms with van der Waals surface area (Å²) >= 11 is 0. The minimum Gasteiger partial charge on any atom is -0.467 e. The maximum Gasteiger partial charge on any atom is 0.252 e. The van der Waals surface area contributed by atoms with Crippen LogP contribution in [-0.2, 0) is 11.3 Å². The van der Waals surface area contributed by atoms with Gasteiger partial charge in [0.1, 0.15) is 12.3 Å². The maximum atomic E-state index is 13.2. The maximum absolute atomic E-state index is 13.2. The van der Waals surface area contributed by atoms with Crippen molar-refractivity contribution in [1.82, 2.24) is 25.4 Å². The van der Waals surface area contributed by atoms with Gasteiger partial charge in [0, 0.05) is 24.6 Å². The monoisotopic (exact) mass is 415 g/mol. The molecular weight excluding hydrogens is 394 g/mol. The van der Waals surface area contributed by atoms with E-state index in [0.29, 0.717) is 48.2 Å². The van der Waals surface area contributed by atoms with Crippen LogP contribution < -0.4 is 10.6 Å². The van der Waals surface area contributed by atoms with Crippen LogP contribution in [0.25, 0.3) is 22.3 Å². The average Bonchev–Trinajstić information content (AvgIpc) is 3.46. The van der Waals surface area contributed by atoms with Crippen LogP contribution in [0.2, 0.25) is 0 Å². The highest BCUT2D eigenvalue weighted by Gasteiger charge is 2.23. The van der Waals surface area contributed by atoms with E-state index in [9.17, 15) is 9.59 Å². The van der Waals surface area contributed by atoms with Crippen molar-refractivity contribution in [2.75, 3.05) is 6.54 Å². The fourth-order valence-corrected chi connectivity index (χ4v) is 3.78. The van der Waals surface area contributed by atoms with Crippen LogP contribution in [0.1, 0.15) is 29.0 Å². The quantitative estimate of drug-likeness (QED) is 0.522. The first-order valence-electron chi connectivity index (χ1n) is 10.2. The number of amides is 2. The molecule has 1 aliphatic rings. The Morgan fingerprint density at radius 3 is 2.84 bits per heavy atom. The highest BCUT2D eigenvalue weighted by Crippen LogP contribution is 2.25. The number of carbonyl (C=O) groups excluding carboxylic acids is 2. The third-order valence-electron chi connectivity index (χ3n) is 5.41. The van der Waals surface area contributed by atoms with Crippen molar-refractivity contribution in [1.29, 1.82) is 0 Å². The van der Waals surface area contributed by atoms with Crippen molar-refractivity contribution in [2.24, 2.45) is 0 Å². The first-order valence-corrected chi connectivity index (χ1v) is 10.2. The minimum absolute atomic E-state index is 0.0161. The van der Waals surface area contributed by atoms with Crippen molar-refractivity contribution in [3.8, 4) is 11.3 Å². The highest BCUT2D eigenvalue weighted by molar-refractivity contribution is 6.06. The number of hydrogen-bond donors (Lipinski definition) is 2. The van der Waals surface area contributed by atoms with Crippen LogP contribution in [0.3, 0.4) is 0 Å². The zero-order valence-corrected chi connectivity index (χ0v) is 16.7. The van der Waals surface area contributed by atoms with Crippen molar-refractivity contribution < 1.29 is 14.0 Å². The number of furan rings is 1. The van der Waals surface area contributed by atoms with Gasteiger partial charge in [0.2, 0.25) is 5.91 Å².